The van der Waals surface area contributed by atoms with Gasteiger partial charge < -0.3 is 19.8 Å². The number of H-pyrrole nitrogens is 1. The first-order chi connectivity index (χ1) is 13.6. The molecule has 2 N–H and O–H groups in total. The third-order valence-corrected chi connectivity index (χ3v) is 4.72. The van der Waals surface area contributed by atoms with Gasteiger partial charge in [-0.3, -0.25) is 14.6 Å². The first-order valence-corrected chi connectivity index (χ1v) is 8.88. The second-order valence-electron chi connectivity index (χ2n) is 6.54. The maximum atomic E-state index is 12.7. The predicted molar refractivity (Wildman–Crippen MR) is 105 cm³/mol. The summed E-state index contributed by atoms with van der Waals surface area (Å²) in [4.78, 5) is 31.6. The molecule has 0 saturated carbocycles. The number of ether oxygens (including phenoxy) is 2. The molecule has 3 heterocycles. The van der Waals surface area contributed by atoms with Crippen LogP contribution >= 0.6 is 0 Å². The number of nitrogens with zero attached hydrogens (tertiary/aromatic N) is 1. The number of aromatic nitrogens is 2. The van der Waals surface area contributed by atoms with Gasteiger partial charge in [-0.05, 0) is 53.9 Å². The Morgan fingerprint density at radius 2 is 2.04 bits per heavy atom. The Bertz CT molecular complexity index is 1060. The first-order valence-electron chi connectivity index (χ1n) is 8.88. The molecular weight excluding hydrogens is 358 g/mol. The van der Waals surface area contributed by atoms with Crippen molar-refractivity contribution in [1.29, 1.82) is 0 Å². The summed E-state index contributed by atoms with van der Waals surface area (Å²) in [6.45, 7) is 0.257. The lowest BCUT2D eigenvalue weighted by atomic mass is 9.95. The Kier molecular flexibility index (Phi) is 4.80. The Morgan fingerprint density at radius 1 is 1.21 bits per heavy atom. The molecule has 1 amide bonds. The van der Waals surface area contributed by atoms with E-state index in [0.29, 0.717) is 12.2 Å². The van der Waals surface area contributed by atoms with Gasteiger partial charge in [0.15, 0.2) is 0 Å². The van der Waals surface area contributed by atoms with Crippen LogP contribution in [0.4, 0.5) is 5.69 Å². The fourth-order valence-electron chi connectivity index (χ4n) is 3.19. The average Bonchev–Trinajstić information content (AvgIpc) is 2.75. The molecule has 7 nitrogen and oxygen atoms in total. The van der Waals surface area contributed by atoms with Gasteiger partial charge in [-0.2, -0.15) is 0 Å². The minimum absolute atomic E-state index is 0.204. The number of methoxy groups -OCH3 is 1. The molecule has 142 valence electrons. The number of pyridine rings is 2. The fraction of sp³-hybridized carbons (Fsp3) is 0.190. The second-order valence-corrected chi connectivity index (χ2v) is 6.54. The minimum atomic E-state index is -0.399. The molecule has 1 aromatic carbocycles. The molecule has 0 saturated heterocycles. The SMILES string of the molecule is COc1ccc2c(c1)C[C@@H](C(=O)Nc1cc(-c3ccncc3)c[nH]c1=O)CO2. The van der Waals surface area contributed by atoms with Crippen molar-refractivity contribution >= 4 is 11.6 Å². The van der Waals surface area contributed by atoms with Gasteiger partial charge in [0.05, 0.1) is 13.0 Å². The number of benzene rings is 1. The van der Waals surface area contributed by atoms with Crippen molar-refractivity contribution in [3.05, 3.63) is 70.9 Å². The van der Waals surface area contributed by atoms with E-state index in [9.17, 15) is 9.59 Å². The van der Waals surface area contributed by atoms with Crippen LogP contribution in [0.15, 0.2) is 59.8 Å². The summed E-state index contributed by atoms with van der Waals surface area (Å²) >= 11 is 0. The van der Waals surface area contributed by atoms with E-state index in [1.165, 1.54) is 0 Å². The number of hydrogen-bond donors (Lipinski definition) is 2. The maximum Gasteiger partial charge on any atom is 0.271 e. The van der Waals surface area contributed by atoms with Crippen LogP contribution < -0.4 is 20.3 Å². The zero-order valence-electron chi connectivity index (χ0n) is 15.3. The molecule has 0 fully saturated rings. The molecule has 0 aliphatic carbocycles. The third-order valence-electron chi connectivity index (χ3n) is 4.72. The fourth-order valence-corrected chi connectivity index (χ4v) is 3.19. The van der Waals surface area contributed by atoms with Gasteiger partial charge in [0.1, 0.15) is 23.8 Å². The summed E-state index contributed by atoms with van der Waals surface area (Å²) in [5.74, 6) is 0.807. The molecule has 4 rings (SSSR count). The van der Waals surface area contributed by atoms with Crippen LogP contribution in [-0.2, 0) is 11.2 Å². The van der Waals surface area contributed by atoms with Gasteiger partial charge in [-0.25, -0.2) is 0 Å². The Hall–Kier alpha value is -3.61. The Labute approximate surface area is 161 Å². The van der Waals surface area contributed by atoms with Crippen molar-refractivity contribution in [2.45, 2.75) is 6.42 Å². The number of nitrogens with one attached hydrogen (secondary N) is 2. The zero-order valence-corrected chi connectivity index (χ0v) is 15.3. The van der Waals surface area contributed by atoms with Crippen LogP contribution in [0, 0.1) is 5.92 Å². The van der Waals surface area contributed by atoms with Gasteiger partial charge in [0.2, 0.25) is 5.91 Å². The maximum absolute atomic E-state index is 12.7. The molecule has 2 aromatic heterocycles. The average molecular weight is 377 g/mol. The molecule has 3 aromatic rings. The van der Waals surface area contributed by atoms with Crippen LogP contribution in [-0.4, -0.2) is 29.6 Å². The van der Waals surface area contributed by atoms with Gasteiger partial charge >= 0.3 is 0 Å². The highest BCUT2D eigenvalue weighted by Gasteiger charge is 2.27. The number of fused-ring (bicyclic) bond motifs is 1. The van der Waals surface area contributed by atoms with E-state index >= 15 is 0 Å². The van der Waals surface area contributed by atoms with Crippen molar-refractivity contribution in [3.63, 3.8) is 0 Å². The summed E-state index contributed by atoms with van der Waals surface area (Å²) in [5, 5.41) is 2.74. The number of anilines is 1. The standard InChI is InChI=1S/C21H19N3O4/c1-27-17-2-3-19-14(9-17)8-16(12-28-19)20(25)24-18-10-15(11-23-21(18)26)13-4-6-22-7-5-13/h2-7,9-11,16H,8,12H2,1H3,(H,23,26)(H,24,25)/t16-/m1/s1. The van der Waals surface area contributed by atoms with Gasteiger partial charge in [0.25, 0.3) is 5.56 Å². The molecular formula is C21H19N3O4. The number of aromatic amines is 1. The van der Waals surface area contributed by atoms with E-state index in [2.05, 4.69) is 15.3 Å². The van der Waals surface area contributed by atoms with Gasteiger partial charge in [0, 0.05) is 24.2 Å². The Morgan fingerprint density at radius 3 is 2.82 bits per heavy atom. The third kappa shape index (κ3) is 3.59. The van der Waals surface area contributed by atoms with Crippen molar-refractivity contribution < 1.29 is 14.3 Å². The predicted octanol–water partition coefficient (Wildman–Crippen LogP) is 2.64. The number of rotatable bonds is 4. The van der Waals surface area contributed by atoms with Crippen LogP contribution in [0.1, 0.15) is 5.56 Å². The van der Waals surface area contributed by atoms with E-state index in [1.54, 1.807) is 31.8 Å². The van der Waals surface area contributed by atoms with Crippen molar-refractivity contribution in [3.8, 4) is 22.6 Å². The molecule has 1 aliphatic rings. The lowest BCUT2D eigenvalue weighted by molar-refractivity contribution is -0.121. The molecule has 0 spiro atoms. The van der Waals surface area contributed by atoms with Crippen LogP contribution in [0.2, 0.25) is 0 Å². The van der Waals surface area contributed by atoms with Crippen LogP contribution in [0.25, 0.3) is 11.1 Å². The lowest BCUT2D eigenvalue weighted by Crippen LogP contribution is -2.34. The Balaban J connectivity index is 1.53. The van der Waals surface area contributed by atoms with Crippen LogP contribution in [0.5, 0.6) is 11.5 Å². The normalized spacial score (nSPS) is 15.2. The molecule has 1 aliphatic heterocycles. The van der Waals surface area contributed by atoms with Crippen molar-refractivity contribution in [2.75, 3.05) is 19.0 Å². The van der Waals surface area contributed by atoms with Gasteiger partial charge in [-0.15, -0.1) is 0 Å². The topological polar surface area (TPSA) is 93.3 Å². The van der Waals surface area contributed by atoms with Crippen LogP contribution in [0.3, 0.4) is 0 Å². The molecule has 0 radical (unpaired) electrons. The molecule has 0 bridgehead atoms. The highest BCUT2D eigenvalue weighted by Crippen LogP contribution is 2.31. The number of amides is 1. The summed E-state index contributed by atoms with van der Waals surface area (Å²) < 4.78 is 10.9. The summed E-state index contributed by atoms with van der Waals surface area (Å²) in [6.07, 6.45) is 5.47. The van der Waals surface area contributed by atoms with E-state index < -0.39 is 5.92 Å². The van der Waals surface area contributed by atoms with Crippen molar-refractivity contribution in [1.82, 2.24) is 9.97 Å². The number of carbonyl (C=O) groups is 1. The monoisotopic (exact) mass is 377 g/mol. The second kappa shape index (κ2) is 7.56. The van der Waals surface area contributed by atoms with Gasteiger partial charge in [-0.1, -0.05) is 0 Å². The van der Waals surface area contributed by atoms with E-state index in [1.807, 2.05) is 30.3 Å². The largest absolute Gasteiger partial charge is 0.497 e. The lowest BCUT2D eigenvalue weighted by Gasteiger charge is -2.25. The molecule has 7 heteroatoms. The summed E-state index contributed by atoms with van der Waals surface area (Å²) in [7, 11) is 1.59. The number of hydrogen-bond acceptors (Lipinski definition) is 5. The quantitative estimate of drug-likeness (QED) is 0.729. The van der Waals surface area contributed by atoms with Crippen molar-refractivity contribution in [2.24, 2.45) is 5.92 Å². The number of carbonyl (C=O) groups excluding carboxylic acids is 1. The minimum Gasteiger partial charge on any atom is -0.497 e. The van der Waals surface area contributed by atoms with E-state index in [4.69, 9.17) is 9.47 Å². The van der Waals surface area contributed by atoms with E-state index in [0.717, 1.165) is 22.4 Å². The smallest absolute Gasteiger partial charge is 0.271 e. The molecule has 0 unspecified atom stereocenters. The molecule has 28 heavy (non-hydrogen) atoms. The van der Waals surface area contributed by atoms with E-state index in [-0.39, 0.29) is 23.8 Å². The highest BCUT2D eigenvalue weighted by molar-refractivity contribution is 5.93. The molecule has 1 atom stereocenters. The first kappa shape index (κ1) is 17.8. The highest BCUT2D eigenvalue weighted by atomic mass is 16.5. The zero-order chi connectivity index (χ0) is 19.5. The summed E-state index contributed by atoms with van der Waals surface area (Å²) in [5.41, 5.74) is 2.43. The summed E-state index contributed by atoms with van der Waals surface area (Å²) in [6, 6.07) is 10.9.